The van der Waals surface area contributed by atoms with Crippen molar-refractivity contribution in [1.29, 1.82) is 0 Å². The highest BCUT2D eigenvalue weighted by Crippen LogP contribution is 2.27. The molecule has 0 spiro atoms. The molecule has 1 unspecified atom stereocenters. The zero-order valence-corrected chi connectivity index (χ0v) is 11.0. The zero-order chi connectivity index (χ0) is 12.3. The molecule has 1 aromatic carbocycles. The van der Waals surface area contributed by atoms with E-state index in [-0.39, 0.29) is 0 Å². The Morgan fingerprint density at radius 3 is 2.53 bits per heavy atom. The number of phenolic OH excluding ortho intramolecular Hbond substituents is 1. The number of thiazole rings is 1. The molecule has 0 aliphatic rings. The van der Waals surface area contributed by atoms with E-state index in [2.05, 4.69) is 17.3 Å². The van der Waals surface area contributed by atoms with E-state index in [0.717, 1.165) is 18.5 Å². The molecule has 0 radical (unpaired) electrons. The summed E-state index contributed by atoms with van der Waals surface area (Å²) in [5.74, 6) is 0.810. The quantitative estimate of drug-likeness (QED) is 0.889. The summed E-state index contributed by atoms with van der Waals surface area (Å²) in [7, 11) is 0. The smallest absolute Gasteiger partial charge is 0.115 e. The summed E-state index contributed by atoms with van der Waals surface area (Å²) in [6, 6.07) is 7.46. The molecule has 1 N–H and O–H groups in total. The van der Waals surface area contributed by atoms with Crippen molar-refractivity contribution >= 4 is 11.3 Å². The molecule has 0 saturated heterocycles. The largest absolute Gasteiger partial charge is 0.508 e. The third-order valence-electron chi connectivity index (χ3n) is 2.90. The van der Waals surface area contributed by atoms with Crippen LogP contribution in [0.15, 0.2) is 29.6 Å². The summed E-state index contributed by atoms with van der Waals surface area (Å²) >= 11 is 1.74. The van der Waals surface area contributed by atoms with E-state index in [1.807, 2.05) is 19.1 Å². The Balaban J connectivity index is 2.12. The van der Waals surface area contributed by atoms with Gasteiger partial charge < -0.3 is 5.11 Å². The highest BCUT2D eigenvalue weighted by molar-refractivity contribution is 7.09. The van der Waals surface area contributed by atoms with Crippen LogP contribution in [0.4, 0.5) is 0 Å². The normalized spacial score (nSPS) is 12.6. The molecule has 1 atom stereocenters. The maximum Gasteiger partial charge on any atom is 0.115 e. The molecule has 0 aliphatic heterocycles. The Morgan fingerprint density at radius 1 is 1.29 bits per heavy atom. The first-order chi connectivity index (χ1) is 8.19. The maximum absolute atomic E-state index is 9.26. The number of benzene rings is 1. The van der Waals surface area contributed by atoms with E-state index in [9.17, 15) is 5.11 Å². The van der Waals surface area contributed by atoms with E-state index < -0.39 is 0 Å². The second kappa shape index (κ2) is 5.32. The van der Waals surface area contributed by atoms with Gasteiger partial charge in [-0.25, -0.2) is 4.98 Å². The van der Waals surface area contributed by atoms with Crippen molar-refractivity contribution in [3.63, 3.8) is 0 Å². The lowest BCUT2D eigenvalue weighted by atomic mass is 9.97. The molecule has 0 saturated carbocycles. The minimum Gasteiger partial charge on any atom is -0.508 e. The Bertz CT molecular complexity index is 475. The molecular weight excluding hydrogens is 230 g/mol. The number of aromatic hydroxyl groups is 1. The molecule has 0 bridgehead atoms. The number of phenols is 1. The van der Waals surface area contributed by atoms with Gasteiger partial charge in [0.15, 0.2) is 0 Å². The van der Waals surface area contributed by atoms with Crippen LogP contribution in [0.3, 0.4) is 0 Å². The number of aromatic nitrogens is 1. The summed E-state index contributed by atoms with van der Waals surface area (Å²) in [6.07, 6.45) is 2.08. The van der Waals surface area contributed by atoms with E-state index >= 15 is 0 Å². The molecule has 90 valence electrons. The fraction of sp³-hybridized carbons (Fsp3) is 0.357. The lowest BCUT2D eigenvalue weighted by Gasteiger charge is -2.11. The molecule has 0 amide bonds. The van der Waals surface area contributed by atoms with Crippen LogP contribution in [0.2, 0.25) is 0 Å². The van der Waals surface area contributed by atoms with Gasteiger partial charge in [0, 0.05) is 17.0 Å². The molecule has 1 heterocycles. The molecule has 2 nitrogen and oxygen atoms in total. The van der Waals surface area contributed by atoms with Gasteiger partial charge in [0.1, 0.15) is 5.75 Å². The molecule has 2 aromatic rings. The Kier molecular flexibility index (Phi) is 3.79. The summed E-state index contributed by atoms with van der Waals surface area (Å²) in [4.78, 5) is 4.56. The molecule has 3 heteroatoms. The minimum absolute atomic E-state index is 0.326. The van der Waals surface area contributed by atoms with Crippen LogP contribution in [0, 0.1) is 6.92 Å². The van der Waals surface area contributed by atoms with Gasteiger partial charge in [-0.15, -0.1) is 11.3 Å². The van der Waals surface area contributed by atoms with Crippen molar-refractivity contribution in [2.24, 2.45) is 0 Å². The van der Waals surface area contributed by atoms with E-state index in [4.69, 9.17) is 0 Å². The van der Waals surface area contributed by atoms with Crippen LogP contribution < -0.4 is 0 Å². The van der Waals surface area contributed by atoms with Crippen molar-refractivity contribution < 1.29 is 5.11 Å². The zero-order valence-electron chi connectivity index (χ0n) is 10.2. The first-order valence-corrected chi connectivity index (χ1v) is 6.77. The number of hydrogen-bond donors (Lipinski definition) is 1. The molecule has 0 fully saturated rings. The highest BCUT2D eigenvalue weighted by Gasteiger charge is 2.13. The lowest BCUT2D eigenvalue weighted by Crippen LogP contribution is -2.01. The van der Waals surface area contributed by atoms with Crippen molar-refractivity contribution in [3.8, 4) is 5.75 Å². The van der Waals surface area contributed by atoms with Crippen molar-refractivity contribution in [1.82, 2.24) is 4.98 Å². The van der Waals surface area contributed by atoms with Gasteiger partial charge in [-0.3, -0.25) is 0 Å². The van der Waals surface area contributed by atoms with Crippen LogP contribution in [-0.4, -0.2) is 10.1 Å². The topological polar surface area (TPSA) is 33.1 Å². The van der Waals surface area contributed by atoms with Crippen molar-refractivity contribution in [3.05, 3.63) is 45.9 Å². The third kappa shape index (κ3) is 3.07. The van der Waals surface area contributed by atoms with Crippen LogP contribution >= 0.6 is 11.3 Å². The van der Waals surface area contributed by atoms with Gasteiger partial charge in [0.05, 0.1) is 5.01 Å². The van der Waals surface area contributed by atoms with Crippen molar-refractivity contribution in [2.75, 3.05) is 0 Å². The fourth-order valence-corrected chi connectivity index (χ4v) is 2.87. The highest BCUT2D eigenvalue weighted by atomic mass is 32.1. The van der Waals surface area contributed by atoms with E-state index in [0.29, 0.717) is 11.7 Å². The minimum atomic E-state index is 0.326. The van der Waals surface area contributed by atoms with Gasteiger partial charge in [-0.05, 0) is 37.5 Å². The van der Waals surface area contributed by atoms with Crippen LogP contribution in [-0.2, 0) is 6.42 Å². The summed E-state index contributed by atoms with van der Waals surface area (Å²) in [5.41, 5.74) is 2.36. The van der Waals surface area contributed by atoms with Gasteiger partial charge in [0.2, 0.25) is 0 Å². The Hall–Kier alpha value is -1.35. The number of nitrogens with zero attached hydrogens (tertiary/aromatic N) is 1. The van der Waals surface area contributed by atoms with Gasteiger partial charge in [-0.1, -0.05) is 19.1 Å². The second-order valence-electron chi connectivity index (χ2n) is 4.30. The molecule has 1 aromatic heterocycles. The Morgan fingerprint density at radius 2 is 2.00 bits per heavy atom. The lowest BCUT2D eigenvalue weighted by molar-refractivity contribution is 0.475. The van der Waals surface area contributed by atoms with Gasteiger partial charge >= 0.3 is 0 Å². The number of rotatable bonds is 4. The van der Waals surface area contributed by atoms with Crippen LogP contribution in [0.1, 0.15) is 35.5 Å². The van der Waals surface area contributed by atoms with Crippen LogP contribution in [0.5, 0.6) is 5.75 Å². The molecule has 17 heavy (non-hydrogen) atoms. The van der Waals surface area contributed by atoms with Crippen LogP contribution in [0.25, 0.3) is 0 Å². The standard InChI is InChI=1S/C14H17NOS/c1-3-12(14-15-10(2)9-17-14)8-11-4-6-13(16)7-5-11/h4-7,9,12,16H,3,8H2,1-2H3. The SMILES string of the molecule is CCC(Cc1ccc(O)cc1)c1nc(C)cs1. The van der Waals surface area contributed by atoms with Gasteiger partial charge in [-0.2, -0.15) is 0 Å². The average molecular weight is 247 g/mol. The second-order valence-corrected chi connectivity index (χ2v) is 5.19. The summed E-state index contributed by atoms with van der Waals surface area (Å²) in [5, 5.41) is 12.6. The predicted octanol–water partition coefficient (Wildman–Crippen LogP) is 3.89. The monoisotopic (exact) mass is 247 g/mol. The van der Waals surface area contributed by atoms with Crippen molar-refractivity contribution in [2.45, 2.75) is 32.6 Å². The predicted molar refractivity (Wildman–Crippen MR) is 71.7 cm³/mol. The number of aryl methyl sites for hydroxylation is 1. The fourth-order valence-electron chi connectivity index (χ4n) is 1.88. The molecular formula is C14H17NOS. The summed E-state index contributed by atoms with van der Waals surface area (Å²) in [6.45, 7) is 4.23. The maximum atomic E-state index is 9.26. The summed E-state index contributed by atoms with van der Waals surface area (Å²) < 4.78 is 0. The molecule has 2 rings (SSSR count). The third-order valence-corrected chi connectivity index (χ3v) is 4.02. The van der Waals surface area contributed by atoms with E-state index in [1.54, 1.807) is 23.5 Å². The van der Waals surface area contributed by atoms with E-state index in [1.165, 1.54) is 10.6 Å². The van der Waals surface area contributed by atoms with Gasteiger partial charge in [0.25, 0.3) is 0 Å². The first kappa shape index (κ1) is 12.1. The average Bonchev–Trinajstić information content (AvgIpc) is 2.75. The Labute approximate surface area is 106 Å². The number of hydrogen-bond acceptors (Lipinski definition) is 3. The first-order valence-electron chi connectivity index (χ1n) is 5.89. The molecule has 0 aliphatic carbocycles.